The highest BCUT2D eigenvalue weighted by molar-refractivity contribution is 6.04. The summed E-state index contributed by atoms with van der Waals surface area (Å²) < 4.78 is 9.01. The minimum absolute atomic E-state index is 0.0900. The zero-order chi connectivity index (χ0) is 27.4. The van der Waals surface area contributed by atoms with Gasteiger partial charge in [-0.2, -0.15) is 5.10 Å². The maximum Gasteiger partial charge on any atom is 0.317 e. The van der Waals surface area contributed by atoms with Gasteiger partial charge in [-0.15, -0.1) is 0 Å². The molecule has 12 heteroatoms. The first-order valence-corrected chi connectivity index (χ1v) is 13.0. The van der Waals surface area contributed by atoms with Gasteiger partial charge in [-0.3, -0.25) is 19.6 Å². The number of carbonyl (C=O) groups excluding carboxylic acids is 3. The molecule has 0 aliphatic heterocycles. The molecule has 204 valence electrons. The van der Waals surface area contributed by atoms with E-state index in [0.29, 0.717) is 60.5 Å². The van der Waals surface area contributed by atoms with Crippen LogP contribution in [0.2, 0.25) is 0 Å². The number of fused-ring (bicyclic) bond motifs is 1. The number of benzene rings is 1. The SMILES string of the molecule is CCn1nc(C)cc1C(=O)Nc1nc2cc(C(N)=O)cc(OC)c2n1CCCNC(=O)N(C)C1CCCC1. The topological polar surface area (TPSA) is 149 Å². The van der Waals surface area contributed by atoms with Gasteiger partial charge in [0.25, 0.3) is 5.91 Å². The van der Waals surface area contributed by atoms with E-state index in [9.17, 15) is 14.4 Å². The molecular weight excluding hydrogens is 488 g/mol. The Morgan fingerprint density at radius 1 is 1.21 bits per heavy atom. The fourth-order valence-electron chi connectivity index (χ4n) is 4.99. The van der Waals surface area contributed by atoms with Gasteiger partial charge in [0.05, 0.1) is 18.3 Å². The van der Waals surface area contributed by atoms with Gasteiger partial charge in [0.15, 0.2) is 0 Å². The molecule has 1 fully saturated rings. The molecule has 4 rings (SSSR count). The summed E-state index contributed by atoms with van der Waals surface area (Å²) in [6, 6.07) is 5.05. The minimum atomic E-state index is -0.609. The van der Waals surface area contributed by atoms with Crippen LogP contribution in [0.25, 0.3) is 11.0 Å². The molecule has 0 unspecified atom stereocenters. The van der Waals surface area contributed by atoms with Crippen LogP contribution in [0.4, 0.5) is 10.7 Å². The highest BCUT2D eigenvalue weighted by Gasteiger charge is 2.24. The average molecular weight is 525 g/mol. The van der Waals surface area contributed by atoms with E-state index in [2.05, 4.69) is 20.7 Å². The fourth-order valence-corrected chi connectivity index (χ4v) is 4.99. The Hall–Kier alpha value is -4.09. The van der Waals surface area contributed by atoms with Crippen LogP contribution in [-0.2, 0) is 13.1 Å². The molecule has 1 aliphatic carbocycles. The highest BCUT2D eigenvalue weighted by Crippen LogP contribution is 2.31. The molecule has 12 nitrogen and oxygen atoms in total. The van der Waals surface area contributed by atoms with Gasteiger partial charge in [-0.25, -0.2) is 9.78 Å². The van der Waals surface area contributed by atoms with E-state index in [1.54, 1.807) is 27.8 Å². The van der Waals surface area contributed by atoms with E-state index in [4.69, 9.17) is 10.5 Å². The number of imidazole rings is 1. The largest absolute Gasteiger partial charge is 0.494 e. The third-order valence-corrected chi connectivity index (χ3v) is 7.00. The van der Waals surface area contributed by atoms with Crippen LogP contribution in [0.5, 0.6) is 5.75 Å². The van der Waals surface area contributed by atoms with Gasteiger partial charge in [-0.1, -0.05) is 12.8 Å². The lowest BCUT2D eigenvalue weighted by atomic mass is 10.1. The number of ether oxygens (including phenoxy) is 1. The van der Waals surface area contributed by atoms with Gasteiger partial charge in [0.1, 0.15) is 17.0 Å². The van der Waals surface area contributed by atoms with Crippen molar-refractivity contribution in [3.05, 3.63) is 35.2 Å². The number of amides is 4. The number of primary amides is 1. The van der Waals surface area contributed by atoms with Crippen molar-refractivity contribution in [2.75, 3.05) is 26.0 Å². The normalized spacial score (nSPS) is 13.6. The smallest absolute Gasteiger partial charge is 0.317 e. The first kappa shape index (κ1) is 27.0. The Morgan fingerprint density at radius 3 is 2.61 bits per heavy atom. The maximum atomic E-state index is 13.2. The number of aryl methyl sites for hydroxylation is 3. The third kappa shape index (κ3) is 5.58. The average Bonchev–Trinajstić information content (AvgIpc) is 3.64. The number of aromatic nitrogens is 4. The van der Waals surface area contributed by atoms with Crippen molar-refractivity contribution in [2.45, 2.75) is 65.1 Å². The summed E-state index contributed by atoms with van der Waals surface area (Å²) in [6.07, 6.45) is 4.96. The molecule has 4 N–H and O–H groups in total. The number of hydrogen-bond donors (Lipinski definition) is 3. The van der Waals surface area contributed by atoms with Crippen LogP contribution in [0.3, 0.4) is 0 Å². The van der Waals surface area contributed by atoms with E-state index in [1.807, 2.05) is 25.5 Å². The molecule has 1 aliphatic rings. The number of urea groups is 1. The Labute approximate surface area is 221 Å². The summed E-state index contributed by atoms with van der Waals surface area (Å²) in [4.78, 5) is 44.1. The molecule has 0 radical (unpaired) electrons. The van der Waals surface area contributed by atoms with Crippen LogP contribution >= 0.6 is 0 Å². The van der Waals surface area contributed by atoms with Crippen LogP contribution < -0.4 is 21.1 Å². The molecule has 3 aromatic rings. The zero-order valence-electron chi connectivity index (χ0n) is 22.4. The lowest BCUT2D eigenvalue weighted by Crippen LogP contribution is -2.42. The third-order valence-electron chi connectivity index (χ3n) is 7.00. The number of nitrogens with one attached hydrogen (secondary N) is 2. The van der Waals surface area contributed by atoms with Crippen molar-refractivity contribution in [3.63, 3.8) is 0 Å². The number of nitrogens with two attached hydrogens (primary N) is 1. The first-order valence-electron chi connectivity index (χ1n) is 13.0. The maximum absolute atomic E-state index is 13.2. The van der Waals surface area contributed by atoms with Crippen molar-refractivity contribution >= 4 is 34.8 Å². The van der Waals surface area contributed by atoms with Gasteiger partial charge in [0.2, 0.25) is 11.9 Å². The fraction of sp³-hybridized carbons (Fsp3) is 0.500. The van der Waals surface area contributed by atoms with Crippen LogP contribution in [0, 0.1) is 6.92 Å². The second-order valence-corrected chi connectivity index (χ2v) is 9.57. The summed E-state index contributed by atoms with van der Waals surface area (Å²) in [5.41, 5.74) is 7.97. The van der Waals surface area contributed by atoms with Crippen molar-refractivity contribution in [1.29, 1.82) is 0 Å². The van der Waals surface area contributed by atoms with E-state index < -0.39 is 5.91 Å². The number of nitrogens with zero attached hydrogens (tertiary/aromatic N) is 5. The Bertz CT molecular complexity index is 1340. The Morgan fingerprint density at radius 2 is 1.95 bits per heavy atom. The lowest BCUT2D eigenvalue weighted by molar-refractivity contribution is 0.0995. The summed E-state index contributed by atoms with van der Waals surface area (Å²) in [5, 5.41) is 10.2. The van der Waals surface area contributed by atoms with Crippen molar-refractivity contribution in [3.8, 4) is 5.75 Å². The second kappa shape index (κ2) is 11.5. The van der Waals surface area contributed by atoms with Gasteiger partial charge >= 0.3 is 6.03 Å². The number of rotatable bonds is 10. The molecule has 1 saturated carbocycles. The number of methoxy groups -OCH3 is 1. The van der Waals surface area contributed by atoms with Crippen molar-refractivity contribution in [1.82, 2.24) is 29.5 Å². The quantitative estimate of drug-likeness (QED) is 0.347. The molecular formula is C26H36N8O4. The van der Waals surface area contributed by atoms with E-state index in [-0.39, 0.29) is 17.5 Å². The summed E-state index contributed by atoms with van der Waals surface area (Å²) in [6.45, 7) is 5.14. The summed E-state index contributed by atoms with van der Waals surface area (Å²) in [7, 11) is 3.34. The van der Waals surface area contributed by atoms with E-state index in [1.165, 1.54) is 7.11 Å². The molecule has 1 aromatic carbocycles. The van der Waals surface area contributed by atoms with Crippen LogP contribution in [-0.4, -0.2) is 68.8 Å². The second-order valence-electron chi connectivity index (χ2n) is 9.57. The number of anilines is 1. The monoisotopic (exact) mass is 524 g/mol. The predicted molar refractivity (Wildman–Crippen MR) is 143 cm³/mol. The molecule has 0 bridgehead atoms. The van der Waals surface area contributed by atoms with Crippen molar-refractivity contribution < 1.29 is 19.1 Å². The first-order chi connectivity index (χ1) is 18.2. The molecule has 0 saturated heterocycles. The predicted octanol–water partition coefficient (Wildman–Crippen LogP) is 2.90. The van der Waals surface area contributed by atoms with Gasteiger partial charge < -0.3 is 25.3 Å². The Balaban J connectivity index is 1.58. The standard InChI is InChI=1S/C26H36N8O4/c1-5-34-20(13-16(2)31-34)24(36)30-25-29-19-14-17(23(27)35)15-21(38-4)22(19)33(25)12-8-11-28-26(37)32(3)18-9-6-7-10-18/h13-15,18H,5-12H2,1-4H3,(H2,27,35)(H,28,37)(H,29,30,36). The van der Waals surface area contributed by atoms with E-state index in [0.717, 1.165) is 31.4 Å². The molecule has 38 heavy (non-hydrogen) atoms. The lowest BCUT2D eigenvalue weighted by Gasteiger charge is -2.24. The minimum Gasteiger partial charge on any atom is -0.494 e. The van der Waals surface area contributed by atoms with E-state index >= 15 is 0 Å². The van der Waals surface area contributed by atoms with Crippen LogP contribution in [0.1, 0.15) is 65.6 Å². The molecule has 0 spiro atoms. The number of hydrogen-bond acceptors (Lipinski definition) is 6. The van der Waals surface area contributed by atoms with Crippen LogP contribution in [0.15, 0.2) is 18.2 Å². The van der Waals surface area contributed by atoms with Gasteiger partial charge in [0, 0.05) is 38.3 Å². The van der Waals surface area contributed by atoms with Gasteiger partial charge in [-0.05, 0) is 51.3 Å². The summed E-state index contributed by atoms with van der Waals surface area (Å²) >= 11 is 0. The molecule has 0 atom stereocenters. The van der Waals surface area contributed by atoms with Crippen molar-refractivity contribution in [2.24, 2.45) is 5.73 Å². The molecule has 2 heterocycles. The summed E-state index contributed by atoms with van der Waals surface area (Å²) in [5.74, 6) is -0.268. The highest BCUT2D eigenvalue weighted by atomic mass is 16.5. The Kier molecular flexibility index (Phi) is 8.18. The zero-order valence-corrected chi connectivity index (χ0v) is 22.4. The molecule has 2 aromatic heterocycles. The molecule has 4 amide bonds. The number of carbonyl (C=O) groups is 3.